The van der Waals surface area contributed by atoms with Crippen LogP contribution in [0.25, 0.3) is 140 Å². The van der Waals surface area contributed by atoms with E-state index in [-0.39, 0.29) is 0 Å². The van der Waals surface area contributed by atoms with Gasteiger partial charge in [0.25, 0.3) is 0 Å². The van der Waals surface area contributed by atoms with Gasteiger partial charge in [-0.15, -0.1) is 0 Å². The Morgan fingerprint density at radius 2 is 0.292 bits per heavy atom. The molecule has 14 aromatic carbocycles. The summed E-state index contributed by atoms with van der Waals surface area (Å²) in [6, 6.07) is 51.4. The second kappa shape index (κ2) is 7.33. The zero-order valence-corrected chi connectivity index (χ0v) is 25.7. The summed E-state index contributed by atoms with van der Waals surface area (Å²) in [4.78, 5) is 0. The van der Waals surface area contributed by atoms with Crippen molar-refractivity contribution in [3.8, 4) is 0 Å². The summed E-state index contributed by atoms with van der Waals surface area (Å²) in [5, 5.41) is 36.0. The highest BCUT2D eigenvalue weighted by molar-refractivity contribution is 6.55. The van der Waals surface area contributed by atoms with Crippen LogP contribution in [0.2, 0.25) is 0 Å². The maximum Gasteiger partial charge on any atom is -0.000717 e. The standard InChI is InChI=1S/C48H22/c1-3-9-25-23(7-1)27-11-5-13-29-33-19-21-38-36-18-16-32-26-10-4-2-8-24(26)28-12-6-14-30-34-20-22-37-35-17-15-31(25)41(39(27)29)43(35)45(33)47(38)48(37)46(34)44(36)42(32)40(28)30/h1-22H. The summed E-state index contributed by atoms with van der Waals surface area (Å²) in [5.74, 6) is 0. The molecule has 0 spiro atoms. The zero-order chi connectivity index (χ0) is 30.6. The second-order valence-electron chi connectivity index (χ2n) is 14.2. The average Bonchev–Trinajstić information content (AvgIpc) is 3.16. The fourth-order valence-corrected chi connectivity index (χ4v) is 10.7. The Balaban J connectivity index is 1.38. The Labute approximate surface area is 272 Å². The van der Waals surface area contributed by atoms with Gasteiger partial charge in [-0.25, -0.2) is 0 Å². The molecule has 0 aliphatic rings. The Morgan fingerprint density at radius 3 is 0.562 bits per heavy atom. The van der Waals surface area contributed by atoms with Crippen molar-refractivity contribution in [2.75, 3.05) is 0 Å². The van der Waals surface area contributed by atoms with Gasteiger partial charge in [0.1, 0.15) is 0 Å². The summed E-state index contributed by atoms with van der Waals surface area (Å²) < 4.78 is 0. The Morgan fingerprint density at radius 1 is 0.125 bits per heavy atom. The van der Waals surface area contributed by atoms with Gasteiger partial charge >= 0.3 is 0 Å². The van der Waals surface area contributed by atoms with Gasteiger partial charge in [0, 0.05) is 0 Å². The third-order valence-corrected chi connectivity index (χ3v) is 12.4. The molecule has 0 fully saturated rings. The quantitative estimate of drug-likeness (QED) is 0.120. The zero-order valence-electron chi connectivity index (χ0n) is 25.7. The van der Waals surface area contributed by atoms with Crippen LogP contribution in [0, 0.1) is 0 Å². The molecule has 0 heteroatoms. The van der Waals surface area contributed by atoms with Crippen molar-refractivity contribution >= 4 is 140 Å². The molecule has 0 nitrogen and oxygen atoms in total. The molecular formula is C48H22. The first-order valence-electron chi connectivity index (χ1n) is 17.0. The number of hydrogen-bond acceptors (Lipinski definition) is 0. The van der Waals surface area contributed by atoms with Crippen molar-refractivity contribution in [1.82, 2.24) is 0 Å². The highest BCUT2D eigenvalue weighted by Gasteiger charge is 2.27. The van der Waals surface area contributed by atoms with E-state index in [1.807, 2.05) is 0 Å². The molecule has 0 heterocycles. The van der Waals surface area contributed by atoms with Gasteiger partial charge in [-0.05, 0) is 140 Å². The summed E-state index contributed by atoms with van der Waals surface area (Å²) in [7, 11) is 0. The Bertz CT molecular complexity index is 3460. The molecule has 0 saturated heterocycles. The summed E-state index contributed by atoms with van der Waals surface area (Å²) in [6.07, 6.45) is 0. The van der Waals surface area contributed by atoms with Gasteiger partial charge < -0.3 is 0 Å². The van der Waals surface area contributed by atoms with Gasteiger partial charge in [0.05, 0.1) is 0 Å². The molecule has 48 heavy (non-hydrogen) atoms. The minimum Gasteiger partial charge on any atom is -0.0616 e. The van der Waals surface area contributed by atoms with Gasteiger partial charge in [-0.1, -0.05) is 133 Å². The molecule has 0 aromatic heterocycles. The van der Waals surface area contributed by atoms with Crippen molar-refractivity contribution in [3.05, 3.63) is 133 Å². The molecule has 214 valence electrons. The molecule has 0 aliphatic carbocycles. The molecular weight excluding hydrogens is 577 g/mol. The van der Waals surface area contributed by atoms with E-state index in [1.54, 1.807) is 0 Å². The largest absolute Gasteiger partial charge is 0.0616 e. The van der Waals surface area contributed by atoms with Gasteiger partial charge in [-0.3, -0.25) is 0 Å². The summed E-state index contributed by atoms with van der Waals surface area (Å²) >= 11 is 0. The average molecular weight is 599 g/mol. The smallest absolute Gasteiger partial charge is 0.000717 e. The number of benzene rings is 14. The predicted molar refractivity (Wildman–Crippen MR) is 210 cm³/mol. The fourth-order valence-electron chi connectivity index (χ4n) is 10.7. The maximum atomic E-state index is 2.44. The highest BCUT2D eigenvalue weighted by Crippen LogP contribution is 2.56. The third-order valence-electron chi connectivity index (χ3n) is 12.4. The van der Waals surface area contributed by atoms with Gasteiger partial charge in [-0.2, -0.15) is 0 Å². The summed E-state index contributed by atoms with van der Waals surface area (Å²) in [6.45, 7) is 0. The van der Waals surface area contributed by atoms with Gasteiger partial charge in [0.15, 0.2) is 0 Å². The second-order valence-corrected chi connectivity index (χ2v) is 14.2. The van der Waals surface area contributed by atoms with Crippen LogP contribution in [-0.2, 0) is 0 Å². The molecule has 0 N–H and O–H groups in total. The number of hydrogen-bond donors (Lipinski definition) is 0. The van der Waals surface area contributed by atoms with E-state index >= 15 is 0 Å². The first kappa shape index (κ1) is 23.1. The predicted octanol–water partition coefficient (Wildman–Crippen LogP) is 13.9. The SMILES string of the molecule is c1ccc2c(c1)c1cccc3c4ccc5c6ccc7c8ccccc8c8cccc9c%10ccc%11c%12ccc2c(c13)c%12c4c5c%11c%10c6c7c89. The lowest BCUT2D eigenvalue weighted by Gasteiger charge is -2.26. The molecule has 0 atom stereocenters. The number of fused-ring (bicyclic) bond motifs is 10. The van der Waals surface area contributed by atoms with Crippen molar-refractivity contribution < 1.29 is 0 Å². The Kier molecular flexibility index (Phi) is 3.53. The van der Waals surface area contributed by atoms with E-state index in [9.17, 15) is 0 Å². The Hall–Kier alpha value is -6.24. The van der Waals surface area contributed by atoms with Crippen LogP contribution in [0.1, 0.15) is 0 Å². The topological polar surface area (TPSA) is 0 Å². The monoisotopic (exact) mass is 598 g/mol. The highest BCUT2D eigenvalue weighted by atomic mass is 14.3. The fraction of sp³-hybridized carbons (Fsp3) is 0. The van der Waals surface area contributed by atoms with E-state index in [4.69, 9.17) is 0 Å². The lowest BCUT2D eigenvalue weighted by Crippen LogP contribution is -1.97. The lowest BCUT2D eigenvalue weighted by molar-refractivity contribution is 1.80. The van der Waals surface area contributed by atoms with Crippen LogP contribution >= 0.6 is 0 Å². The van der Waals surface area contributed by atoms with Crippen LogP contribution in [0.15, 0.2) is 133 Å². The molecule has 14 rings (SSSR count). The van der Waals surface area contributed by atoms with Crippen LogP contribution in [0.4, 0.5) is 0 Å². The molecule has 0 amide bonds. The number of rotatable bonds is 0. The first-order valence-corrected chi connectivity index (χ1v) is 17.0. The van der Waals surface area contributed by atoms with Crippen molar-refractivity contribution in [2.45, 2.75) is 0 Å². The van der Waals surface area contributed by atoms with E-state index in [0.29, 0.717) is 0 Å². The van der Waals surface area contributed by atoms with E-state index < -0.39 is 0 Å². The minimum absolute atomic E-state index is 1.34. The molecule has 0 aliphatic heterocycles. The van der Waals surface area contributed by atoms with Crippen molar-refractivity contribution in [3.63, 3.8) is 0 Å². The molecule has 14 aromatic rings. The summed E-state index contributed by atoms with van der Waals surface area (Å²) in [5.41, 5.74) is 0. The molecule has 0 bridgehead atoms. The van der Waals surface area contributed by atoms with Crippen LogP contribution in [0.3, 0.4) is 0 Å². The van der Waals surface area contributed by atoms with E-state index in [0.717, 1.165) is 0 Å². The molecule has 0 unspecified atom stereocenters. The third kappa shape index (κ3) is 2.23. The van der Waals surface area contributed by atoms with Gasteiger partial charge in [0.2, 0.25) is 0 Å². The maximum absolute atomic E-state index is 2.44. The molecule has 0 saturated carbocycles. The van der Waals surface area contributed by atoms with Crippen molar-refractivity contribution in [1.29, 1.82) is 0 Å². The first-order chi connectivity index (χ1) is 23.9. The van der Waals surface area contributed by atoms with Crippen molar-refractivity contribution in [2.24, 2.45) is 0 Å². The normalized spacial score (nSPS) is 13.4. The molecule has 0 radical (unpaired) electrons. The van der Waals surface area contributed by atoms with Crippen LogP contribution in [-0.4, -0.2) is 0 Å². The minimum atomic E-state index is 1.34. The van der Waals surface area contributed by atoms with E-state index in [2.05, 4.69) is 133 Å². The lowest BCUT2D eigenvalue weighted by atomic mass is 9.76. The van der Waals surface area contributed by atoms with Crippen LogP contribution < -0.4 is 0 Å². The van der Waals surface area contributed by atoms with Crippen LogP contribution in [0.5, 0.6) is 0 Å². The van der Waals surface area contributed by atoms with E-state index in [1.165, 1.54) is 140 Å².